The number of rotatable bonds is 1. The Hall–Kier alpha value is -1.74. The third kappa shape index (κ3) is 1.63. The van der Waals surface area contributed by atoms with E-state index in [0.717, 1.165) is 0 Å². The zero-order valence-corrected chi connectivity index (χ0v) is 12.1. The predicted molar refractivity (Wildman–Crippen MR) is 78.6 cm³/mol. The van der Waals surface area contributed by atoms with Gasteiger partial charge in [-0.25, -0.2) is 4.39 Å². The molecule has 1 heterocycles. The van der Waals surface area contributed by atoms with Gasteiger partial charge in [-0.15, -0.1) is 0 Å². The molecule has 1 fully saturated rings. The van der Waals surface area contributed by atoms with E-state index in [0.29, 0.717) is 28.4 Å². The summed E-state index contributed by atoms with van der Waals surface area (Å²) in [5.74, 6) is -0.350. The van der Waals surface area contributed by atoms with Crippen LogP contribution >= 0.6 is 11.8 Å². The van der Waals surface area contributed by atoms with Crippen molar-refractivity contribution < 1.29 is 4.39 Å². The number of benzene rings is 1. The van der Waals surface area contributed by atoms with Gasteiger partial charge in [0.1, 0.15) is 10.6 Å². The topological polar surface area (TPSA) is 88.2 Å². The lowest BCUT2D eigenvalue weighted by Crippen LogP contribution is -2.35. The highest BCUT2D eigenvalue weighted by Gasteiger charge is 2.67. The Morgan fingerprint density at radius 2 is 2.20 bits per heavy atom. The maximum Gasteiger partial charge on any atom is 0.156 e. The molecule has 1 aromatic carbocycles. The average Bonchev–Trinajstić information content (AvgIpc) is 3.09. The Morgan fingerprint density at radius 3 is 2.85 bits per heavy atom. The maximum atomic E-state index is 14.5. The molecule has 3 rings (SSSR count). The van der Waals surface area contributed by atoms with Gasteiger partial charge in [0.15, 0.2) is 5.17 Å². The minimum Gasteiger partial charge on any atom is -0.399 e. The lowest BCUT2D eigenvalue weighted by atomic mass is 9.84. The molecule has 0 aromatic heterocycles. The van der Waals surface area contributed by atoms with Crippen LogP contribution in [0, 0.1) is 30.0 Å². The fraction of sp³-hybridized carbons (Fsp3) is 0.429. The van der Waals surface area contributed by atoms with Crippen molar-refractivity contribution in [1.29, 1.82) is 5.26 Å². The predicted octanol–water partition coefficient (Wildman–Crippen LogP) is 2.28. The molecule has 1 unspecified atom stereocenters. The number of halogens is 1. The number of hydrogen-bond donors (Lipinski definition) is 2. The molecule has 3 atom stereocenters. The van der Waals surface area contributed by atoms with Crippen molar-refractivity contribution >= 4 is 22.6 Å². The quantitative estimate of drug-likeness (QED) is 0.777. The van der Waals surface area contributed by atoms with Crippen molar-refractivity contribution in [3.63, 3.8) is 0 Å². The van der Waals surface area contributed by atoms with Crippen LogP contribution in [-0.2, 0) is 5.54 Å². The first-order valence-electron chi connectivity index (χ1n) is 6.34. The molecule has 0 saturated heterocycles. The lowest BCUT2D eigenvalue weighted by molar-refractivity contribution is 0.399. The molecule has 0 amide bonds. The van der Waals surface area contributed by atoms with Crippen molar-refractivity contribution in [3.05, 3.63) is 29.1 Å². The van der Waals surface area contributed by atoms with Crippen LogP contribution in [0.1, 0.15) is 24.5 Å². The molecule has 0 spiro atoms. The highest BCUT2D eigenvalue weighted by Crippen LogP contribution is 2.65. The van der Waals surface area contributed by atoms with Gasteiger partial charge >= 0.3 is 0 Å². The number of nitriles is 1. The Bertz CT molecular complexity index is 680. The molecule has 2 aliphatic rings. The Kier molecular flexibility index (Phi) is 2.58. The second-order valence-electron chi connectivity index (χ2n) is 5.66. The van der Waals surface area contributed by atoms with E-state index in [1.165, 1.54) is 11.8 Å². The van der Waals surface area contributed by atoms with Crippen molar-refractivity contribution in [1.82, 2.24) is 0 Å². The summed E-state index contributed by atoms with van der Waals surface area (Å²) in [6, 6.07) is 5.51. The van der Waals surface area contributed by atoms with Crippen molar-refractivity contribution in [3.8, 4) is 6.07 Å². The van der Waals surface area contributed by atoms with Gasteiger partial charge in [0, 0.05) is 17.2 Å². The van der Waals surface area contributed by atoms with Crippen LogP contribution in [0.4, 0.5) is 10.1 Å². The van der Waals surface area contributed by atoms with Crippen molar-refractivity contribution in [2.75, 3.05) is 5.73 Å². The smallest absolute Gasteiger partial charge is 0.156 e. The van der Waals surface area contributed by atoms with Gasteiger partial charge in [0.2, 0.25) is 0 Å². The van der Waals surface area contributed by atoms with Gasteiger partial charge in [-0.2, -0.15) is 5.26 Å². The minimum absolute atomic E-state index is 0.0343. The molecule has 1 aliphatic carbocycles. The van der Waals surface area contributed by atoms with Gasteiger partial charge in [0.05, 0.1) is 11.6 Å². The first-order valence-corrected chi connectivity index (χ1v) is 7.16. The number of aryl methyl sites for hydroxylation is 1. The maximum absolute atomic E-state index is 14.5. The zero-order valence-electron chi connectivity index (χ0n) is 11.3. The van der Waals surface area contributed by atoms with Gasteiger partial charge in [0.25, 0.3) is 0 Å². The highest BCUT2D eigenvalue weighted by molar-refractivity contribution is 8.15. The van der Waals surface area contributed by atoms with E-state index in [1.807, 2.05) is 6.92 Å². The molecule has 4 N–H and O–H groups in total. The number of nitrogens with zero attached hydrogens (tertiary/aromatic N) is 2. The van der Waals surface area contributed by atoms with Crippen LogP contribution in [0.2, 0.25) is 0 Å². The number of nitrogens with two attached hydrogens (primary N) is 2. The fourth-order valence-electron chi connectivity index (χ4n) is 3.09. The number of aliphatic imine (C=N–C) groups is 1. The molecule has 0 bridgehead atoms. The third-order valence-corrected chi connectivity index (χ3v) is 5.44. The molecule has 1 saturated carbocycles. The van der Waals surface area contributed by atoms with Crippen LogP contribution in [0.5, 0.6) is 0 Å². The minimum atomic E-state index is -0.824. The Labute approximate surface area is 121 Å². The number of anilines is 1. The second-order valence-corrected chi connectivity index (χ2v) is 7.01. The van der Waals surface area contributed by atoms with Crippen LogP contribution in [0.25, 0.3) is 0 Å². The summed E-state index contributed by atoms with van der Waals surface area (Å²) in [4.78, 5) is 4.45. The molecule has 0 radical (unpaired) electrons. The molecular weight excluding hydrogens is 275 g/mol. The number of fused-ring (bicyclic) bond motifs is 1. The highest BCUT2D eigenvalue weighted by atomic mass is 32.2. The second kappa shape index (κ2) is 3.89. The summed E-state index contributed by atoms with van der Waals surface area (Å²) in [5, 5.41) is 9.70. The summed E-state index contributed by atoms with van der Waals surface area (Å²) >= 11 is 1.29. The van der Waals surface area contributed by atoms with Crippen LogP contribution in [0.3, 0.4) is 0 Å². The molecule has 1 aliphatic heterocycles. The van der Waals surface area contributed by atoms with E-state index in [9.17, 15) is 9.65 Å². The standard InChI is InChI=1S/C14H15FN4S/c1-7-3-8(17)4-9(11(7)15)13(2)10-5-14(10,6-16)20-12(18)19-13/h3-4,10H,5,17H2,1-2H3,(H2,18,19)/t10?,13-,14-/m1/s1. The first-order chi connectivity index (χ1) is 9.32. The molecular formula is C14H15FN4S. The molecule has 4 nitrogen and oxygen atoms in total. The van der Waals surface area contributed by atoms with Crippen LogP contribution in [0.15, 0.2) is 17.1 Å². The van der Waals surface area contributed by atoms with E-state index < -0.39 is 10.3 Å². The summed E-state index contributed by atoms with van der Waals surface area (Å²) in [6.07, 6.45) is 0.669. The summed E-state index contributed by atoms with van der Waals surface area (Å²) in [5.41, 5.74) is 12.3. The van der Waals surface area contributed by atoms with Crippen molar-refractivity contribution in [2.24, 2.45) is 16.6 Å². The fourth-order valence-corrected chi connectivity index (χ4v) is 4.36. The normalized spacial score (nSPS) is 34.9. The number of hydrogen-bond acceptors (Lipinski definition) is 5. The molecule has 20 heavy (non-hydrogen) atoms. The molecule has 6 heteroatoms. The van der Waals surface area contributed by atoms with Crippen LogP contribution < -0.4 is 11.5 Å². The van der Waals surface area contributed by atoms with E-state index in [-0.39, 0.29) is 11.7 Å². The summed E-state index contributed by atoms with van der Waals surface area (Å²) in [6.45, 7) is 3.51. The van der Waals surface area contributed by atoms with Crippen LogP contribution in [-0.4, -0.2) is 9.91 Å². The number of nitrogen functional groups attached to an aromatic ring is 1. The largest absolute Gasteiger partial charge is 0.399 e. The molecule has 1 aromatic rings. The number of amidine groups is 1. The van der Waals surface area contributed by atoms with Gasteiger partial charge < -0.3 is 11.5 Å². The lowest BCUT2D eigenvalue weighted by Gasteiger charge is -2.32. The summed E-state index contributed by atoms with van der Waals surface area (Å²) < 4.78 is 13.9. The van der Waals surface area contributed by atoms with Gasteiger partial charge in [-0.1, -0.05) is 11.8 Å². The van der Waals surface area contributed by atoms with Gasteiger partial charge in [-0.3, -0.25) is 4.99 Å². The van der Waals surface area contributed by atoms with E-state index in [2.05, 4.69) is 11.1 Å². The number of thioether (sulfide) groups is 1. The van der Waals surface area contributed by atoms with E-state index in [1.54, 1.807) is 19.1 Å². The van der Waals surface area contributed by atoms with Gasteiger partial charge in [-0.05, 0) is 38.0 Å². The SMILES string of the molecule is Cc1cc(N)cc([C@@]2(C)N=C(N)S[C@@]3(C#N)CC32)c1F. The molecule has 104 valence electrons. The summed E-state index contributed by atoms with van der Waals surface area (Å²) in [7, 11) is 0. The van der Waals surface area contributed by atoms with E-state index >= 15 is 0 Å². The first kappa shape index (κ1) is 13.3. The average molecular weight is 290 g/mol. The zero-order chi connectivity index (χ0) is 14.7. The van der Waals surface area contributed by atoms with Crippen molar-refractivity contribution in [2.45, 2.75) is 30.6 Å². The monoisotopic (exact) mass is 290 g/mol. The Balaban J connectivity index is 2.19. The van der Waals surface area contributed by atoms with E-state index in [4.69, 9.17) is 11.5 Å². The Morgan fingerprint density at radius 1 is 1.50 bits per heavy atom. The third-order valence-electron chi connectivity index (χ3n) is 4.23.